The van der Waals surface area contributed by atoms with Crippen molar-refractivity contribution >= 4 is 28.4 Å². The summed E-state index contributed by atoms with van der Waals surface area (Å²) in [5.41, 5.74) is 22.0. The van der Waals surface area contributed by atoms with Crippen LogP contribution in [0.2, 0.25) is 0 Å². The lowest BCUT2D eigenvalue weighted by Crippen LogP contribution is -1.99. The van der Waals surface area contributed by atoms with Crippen molar-refractivity contribution in [2.45, 2.75) is 6.92 Å². The van der Waals surface area contributed by atoms with Crippen molar-refractivity contribution in [3.05, 3.63) is 42.0 Å². The molecule has 0 aliphatic carbocycles. The van der Waals surface area contributed by atoms with E-state index in [-0.39, 0.29) is 0 Å². The smallest absolute Gasteiger partial charge is 0.0568 e. The molecular formula is C13H16N4. The van der Waals surface area contributed by atoms with Crippen LogP contribution in [0.3, 0.4) is 0 Å². The standard InChI is InChI=1S/C13H16N4/c1-8-5-11(15)12(16)7-13(8)17-10-4-2-3-9(14)6-10/h2-7,17H,14-16H2,1H3. The van der Waals surface area contributed by atoms with Gasteiger partial charge in [0.2, 0.25) is 0 Å². The number of nitrogens with one attached hydrogen (secondary N) is 1. The van der Waals surface area contributed by atoms with Gasteiger partial charge in [0.05, 0.1) is 11.4 Å². The Labute approximate surface area is 100 Å². The monoisotopic (exact) mass is 228 g/mol. The van der Waals surface area contributed by atoms with Gasteiger partial charge in [-0.25, -0.2) is 0 Å². The number of nitrogens with two attached hydrogens (primary N) is 3. The topological polar surface area (TPSA) is 90.1 Å². The molecule has 7 N–H and O–H groups in total. The quantitative estimate of drug-likeness (QED) is 0.594. The van der Waals surface area contributed by atoms with Gasteiger partial charge in [0.1, 0.15) is 0 Å². The Hall–Kier alpha value is -2.36. The average Bonchev–Trinajstić information content (AvgIpc) is 2.26. The summed E-state index contributed by atoms with van der Waals surface area (Å²) >= 11 is 0. The first-order chi connectivity index (χ1) is 8.06. The van der Waals surface area contributed by atoms with E-state index in [1.165, 1.54) is 0 Å². The molecule has 0 saturated carbocycles. The van der Waals surface area contributed by atoms with Gasteiger partial charge in [0.15, 0.2) is 0 Å². The van der Waals surface area contributed by atoms with E-state index in [9.17, 15) is 0 Å². The number of hydrogen-bond acceptors (Lipinski definition) is 4. The van der Waals surface area contributed by atoms with Crippen molar-refractivity contribution in [3.63, 3.8) is 0 Å². The predicted octanol–water partition coefficient (Wildman–Crippen LogP) is 2.49. The van der Waals surface area contributed by atoms with Crippen LogP contribution >= 0.6 is 0 Å². The molecule has 2 aromatic rings. The van der Waals surface area contributed by atoms with Crippen LogP contribution in [-0.4, -0.2) is 0 Å². The van der Waals surface area contributed by atoms with Gasteiger partial charge in [-0.15, -0.1) is 0 Å². The number of hydrogen-bond donors (Lipinski definition) is 4. The summed E-state index contributed by atoms with van der Waals surface area (Å²) in [5.74, 6) is 0. The Morgan fingerprint density at radius 1 is 0.941 bits per heavy atom. The second-order valence-corrected chi connectivity index (χ2v) is 4.05. The Balaban J connectivity index is 2.33. The van der Waals surface area contributed by atoms with E-state index in [1.807, 2.05) is 43.3 Å². The summed E-state index contributed by atoms with van der Waals surface area (Å²) in [5, 5.41) is 3.27. The molecule has 2 rings (SSSR count). The first-order valence-corrected chi connectivity index (χ1v) is 5.34. The molecule has 0 heterocycles. The second kappa shape index (κ2) is 4.25. The van der Waals surface area contributed by atoms with Gasteiger partial charge in [-0.3, -0.25) is 0 Å². The van der Waals surface area contributed by atoms with Crippen LogP contribution in [0.15, 0.2) is 36.4 Å². The second-order valence-electron chi connectivity index (χ2n) is 4.05. The SMILES string of the molecule is Cc1cc(N)c(N)cc1Nc1cccc(N)c1. The van der Waals surface area contributed by atoms with Gasteiger partial charge in [-0.2, -0.15) is 0 Å². The molecule has 0 amide bonds. The fourth-order valence-electron chi connectivity index (χ4n) is 1.65. The van der Waals surface area contributed by atoms with Crippen LogP contribution < -0.4 is 22.5 Å². The Kier molecular flexibility index (Phi) is 2.78. The molecule has 0 aromatic heterocycles. The van der Waals surface area contributed by atoms with Crippen molar-refractivity contribution in [2.24, 2.45) is 0 Å². The molecule has 0 radical (unpaired) electrons. The highest BCUT2D eigenvalue weighted by atomic mass is 14.9. The van der Waals surface area contributed by atoms with Crippen LogP contribution in [0.1, 0.15) is 5.56 Å². The average molecular weight is 228 g/mol. The van der Waals surface area contributed by atoms with Gasteiger partial charge >= 0.3 is 0 Å². The summed E-state index contributed by atoms with van der Waals surface area (Å²) in [6.45, 7) is 1.98. The van der Waals surface area contributed by atoms with Crippen LogP contribution in [0.4, 0.5) is 28.4 Å². The third-order valence-corrected chi connectivity index (χ3v) is 2.60. The lowest BCUT2D eigenvalue weighted by atomic mass is 10.1. The third kappa shape index (κ3) is 2.42. The molecule has 0 atom stereocenters. The zero-order chi connectivity index (χ0) is 12.4. The third-order valence-electron chi connectivity index (χ3n) is 2.60. The summed E-state index contributed by atoms with van der Waals surface area (Å²) in [7, 11) is 0. The minimum absolute atomic E-state index is 0.571. The van der Waals surface area contributed by atoms with Gasteiger partial charge in [-0.1, -0.05) is 6.07 Å². The van der Waals surface area contributed by atoms with Crippen LogP contribution in [0.25, 0.3) is 0 Å². The normalized spacial score (nSPS) is 10.2. The Bertz CT molecular complexity index is 549. The molecule has 0 saturated heterocycles. The Morgan fingerprint density at radius 2 is 1.65 bits per heavy atom. The zero-order valence-corrected chi connectivity index (χ0v) is 9.70. The van der Waals surface area contributed by atoms with Gasteiger partial charge in [-0.05, 0) is 42.8 Å². The number of aryl methyl sites for hydroxylation is 1. The molecule has 4 nitrogen and oxygen atoms in total. The number of nitrogen functional groups attached to an aromatic ring is 3. The molecule has 2 aromatic carbocycles. The van der Waals surface area contributed by atoms with Crippen molar-refractivity contribution in [1.82, 2.24) is 0 Å². The maximum atomic E-state index is 5.78. The highest BCUT2D eigenvalue weighted by Gasteiger charge is 2.03. The van der Waals surface area contributed by atoms with E-state index < -0.39 is 0 Å². The van der Waals surface area contributed by atoms with Crippen LogP contribution in [-0.2, 0) is 0 Å². The summed E-state index contributed by atoms with van der Waals surface area (Å²) in [6, 6.07) is 11.2. The zero-order valence-electron chi connectivity index (χ0n) is 9.70. The summed E-state index contributed by atoms with van der Waals surface area (Å²) < 4.78 is 0. The maximum absolute atomic E-state index is 5.78. The minimum Gasteiger partial charge on any atom is -0.399 e. The molecule has 4 heteroatoms. The minimum atomic E-state index is 0.571. The lowest BCUT2D eigenvalue weighted by molar-refractivity contribution is 1.43. The molecule has 17 heavy (non-hydrogen) atoms. The lowest BCUT2D eigenvalue weighted by Gasteiger charge is -2.12. The summed E-state index contributed by atoms with van der Waals surface area (Å²) in [4.78, 5) is 0. The largest absolute Gasteiger partial charge is 0.399 e. The van der Waals surface area contributed by atoms with E-state index in [1.54, 1.807) is 0 Å². The van der Waals surface area contributed by atoms with Crippen molar-refractivity contribution in [1.29, 1.82) is 0 Å². The highest BCUT2D eigenvalue weighted by Crippen LogP contribution is 2.27. The molecule has 0 fully saturated rings. The van der Waals surface area contributed by atoms with E-state index in [2.05, 4.69) is 5.32 Å². The molecule has 0 unspecified atom stereocenters. The fourth-order valence-corrected chi connectivity index (χ4v) is 1.65. The van der Waals surface area contributed by atoms with Crippen molar-refractivity contribution < 1.29 is 0 Å². The van der Waals surface area contributed by atoms with Gasteiger partial charge in [0, 0.05) is 17.1 Å². The Morgan fingerprint density at radius 3 is 2.35 bits per heavy atom. The number of benzene rings is 2. The molecule has 0 aliphatic heterocycles. The molecule has 0 bridgehead atoms. The van der Waals surface area contributed by atoms with E-state index in [0.717, 1.165) is 22.6 Å². The van der Waals surface area contributed by atoms with Crippen LogP contribution in [0, 0.1) is 6.92 Å². The highest BCUT2D eigenvalue weighted by molar-refractivity contribution is 5.75. The van der Waals surface area contributed by atoms with Crippen molar-refractivity contribution in [2.75, 3.05) is 22.5 Å². The summed E-state index contributed by atoms with van der Waals surface area (Å²) in [6.07, 6.45) is 0. The van der Waals surface area contributed by atoms with E-state index >= 15 is 0 Å². The first-order valence-electron chi connectivity index (χ1n) is 5.34. The van der Waals surface area contributed by atoms with E-state index in [4.69, 9.17) is 17.2 Å². The molecule has 0 spiro atoms. The van der Waals surface area contributed by atoms with Crippen LogP contribution in [0.5, 0.6) is 0 Å². The van der Waals surface area contributed by atoms with Gasteiger partial charge < -0.3 is 22.5 Å². The van der Waals surface area contributed by atoms with Crippen molar-refractivity contribution in [3.8, 4) is 0 Å². The predicted molar refractivity (Wildman–Crippen MR) is 74.1 cm³/mol. The molecule has 88 valence electrons. The number of anilines is 5. The van der Waals surface area contributed by atoms with Gasteiger partial charge in [0.25, 0.3) is 0 Å². The molecular weight excluding hydrogens is 212 g/mol. The number of rotatable bonds is 2. The van der Waals surface area contributed by atoms with E-state index in [0.29, 0.717) is 11.4 Å². The maximum Gasteiger partial charge on any atom is 0.0568 e. The molecule has 0 aliphatic rings. The fraction of sp³-hybridized carbons (Fsp3) is 0.0769. The first kappa shape index (κ1) is 11.1.